The zero-order valence-corrected chi connectivity index (χ0v) is 64.8. The van der Waals surface area contributed by atoms with E-state index in [1.54, 1.807) is 0 Å². The second-order valence-corrected chi connectivity index (χ2v) is 32.6. The normalized spacial score (nSPS) is 14.1. The van der Waals surface area contributed by atoms with Gasteiger partial charge in [-0.25, -0.2) is 9.13 Å². The molecule has 0 spiro atoms. The van der Waals surface area contributed by atoms with Crippen LogP contribution in [0.1, 0.15) is 389 Å². The maximum atomic E-state index is 13.1. The highest BCUT2D eigenvalue weighted by molar-refractivity contribution is 7.47. The molecule has 5 atom stereocenters. The monoisotopic (exact) mass is 1410 g/mol. The number of phosphoric ester groups is 2. The van der Waals surface area contributed by atoms with Crippen LogP contribution in [0.2, 0.25) is 0 Å². The molecule has 570 valence electrons. The number of aliphatic hydroxyl groups is 1. The molecule has 0 heterocycles. The molecule has 0 radical (unpaired) electrons. The van der Waals surface area contributed by atoms with Crippen molar-refractivity contribution in [2.45, 2.75) is 408 Å². The molecule has 0 aliphatic carbocycles. The van der Waals surface area contributed by atoms with E-state index < -0.39 is 97.5 Å². The summed E-state index contributed by atoms with van der Waals surface area (Å²) in [4.78, 5) is 72.8. The lowest BCUT2D eigenvalue weighted by Gasteiger charge is -2.21. The van der Waals surface area contributed by atoms with Crippen LogP contribution in [0.5, 0.6) is 0 Å². The summed E-state index contributed by atoms with van der Waals surface area (Å²) in [6, 6.07) is 0. The van der Waals surface area contributed by atoms with Gasteiger partial charge in [-0.15, -0.1) is 0 Å². The van der Waals surface area contributed by atoms with Gasteiger partial charge in [-0.05, 0) is 49.4 Å². The first-order valence-corrected chi connectivity index (χ1v) is 42.7. The molecule has 3 unspecified atom stereocenters. The minimum Gasteiger partial charge on any atom is -0.462 e. The van der Waals surface area contributed by atoms with Crippen molar-refractivity contribution in [3.05, 3.63) is 0 Å². The maximum Gasteiger partial charge on any atom is 0.472 e. The number of hydrogen-bond donors (Lipinski definition) is 3. The Kier molecular flexibility index (Phi) is 65.0. The van der Waals surface area contributed by atoms with E-state index in [0.717, 1.165) is 114 Å². The number of carbonyl (C=O) groups excluding carboxylic acids is 4. The number of hydrogen-bond acceptors (Lipinski definition) is 15. The van der Waals surface area contributed by atoms with Gasteiger partial charge >= 0.3 is 39.5 Å². The quantitative estimate of drug-likeness (QED) is 0.0222. The van der Waals surface area contributed by atoms with Crippen LogP contribution in [-0.4, -0.2) is 96.7 Å². The molecule has 96 heavy (non-hydrogen) atoms. The summed E-state index contributed by atoms with van der Waals surface area (Å²) < 4.78 is 68.6. The third-order valence-corrected chi connectivity index (χ3v) is 19.7. The highest BCUT2D eigenvalue weighted by atomic mass is 31.2. The third kappa shape index (κ3) is 70.5. The zero-order chi connectivity index (χ0) is 71.0. The van der Waals surface area contributed by atoms with E-state index in [0.29, 0.717) is 31.6 Å². The minimum atomic E-state index is -4.96. The molecule has 0 amide bonds. The number of ether oxygens (including phenoxy) is 4. The molecule has 3 N–H and O–H groups in total. The van der Waals surface area contributed by atoms with E-state index in [1.165, 1.54) is 186 Å². The number of rotatable bonds is 74. The van der Waals surface area contributed by atoms with Gasteiger partial charge in [0.1, 0.15) is 19.3 Å². The predicted octanol–water partition coefficient (Wildman–Crippen LogP) is 22.4. The number of unbranched alkanes of at least 4 members (excludes halogenated alkanes) is 40. The van der Waals surface area contributed by atoms with Gasteiger partial charge in [0, 0.05) is 25.7 Å². The molecule has 17 nitrogen and oxygen atoms in total. The van der Waals surface area contributed by atoms with Crippen molar-refractivity contribution in [1.82, 2.24) is 0 Å². The van der Waals surface area contributed by atoms with E-state index in [4.69, 9.17) is 37.0 Å². The Labute approximate surface area is 588 Å². The van der Waals surface area contributed by atoms with Crippen molar-refractivity contribution in [2.75, 3.05) is 39.6 Å². The fourth-order valence-electron chi connectivity index (χ4n) is 11.7. The largest absolute Gasteiger partial charge is 0.472 e. The van der Waals surface area contributed by atoms with Crippen molar-refractivity contribution < 1.29 is 80.2 Å². The van der Waals surface area contributed by atoms with Gasteiger partial charge in [0.15, 0.2) is 12.2 Å². The summed E-state index contributed by atoms with van der Waals surface area (Å²) in [5.41, 5.74) is 0. The first-order chi connectivity index (χ1) is 46.1. The standard InChI is InChI=1S/C77H150O17P2/c1-67(2)53-45-37-29-22-17-13-10-9-11-15-19-25-34-43-51-59-76(81)93-72(63-87-74(79)57-49-41-33-27-21-24-31-39-47-55-69(5)6)65-91-95(83,84)89-61-71(78)62-90-96(85,86)92-66-73(64-88-75(80)58-50-42-36-28-32-40-48-56-70(7)8)94-77(82)60-52-44-35-26-20-16-12-14-18-23-30-38-46-54-68(3)4/h67-73,78H,9-66H2,1-8H3,(H,83,84)(H,85,86)/t71?,72-,73-/m1/s1. The molecule has 19 heteroatoms. The van der Waals surface area contributed by atoms with Crippen LogP contribution in [-0.2, 0) is 65.4 Å². The lowest BCUT2D eigenvalue weighted by Crippen LogP contribution is -2.30. The highest BCUT2D eigenvalue weighted by Gasteiger charge is 2.30. The number of esters is 4. The Balaban J connectivity index is 5.23. The van der Waals surface area contributed by atoms with Crippen LogP contribution < -0.4 is 0 Å². The second kappa shape index (κ2) is 66.3. The Morgan fingerprint density at radius 3 is 0.646 bits per heavy atom. The smallest absolute Gasteiger partial charge is 0.462 e. The number of carbonyl (C=O) groups is 4. The van der Waals surface area contributed by atoms with Crippen LogP contribution >= 0.6 is 15.6 Å². The van der Waals surface area contributed by atoms with E-state index in [-0.39, 0.29) is 25.7 Å². The molecule has 0 aliphatic rings. The summed E-state index contributed by atoms with van der Waals surface area (Å²) in [6.45, 7) is 14.2. The minimum absolute atomic E-state index is 0.106. The van der Waals surface area contributed by atoms with E-state index >= 15 is 0 Å². The fourth-order valence-corrected chi connectivity index (χ4v) is 13.3. The molecular formula is C77H150O17P2. The van der Waals surface area contributed by atoms with Crippen LogP contribution in [0.3, 0.4) is 0 Å². The summed E-state index contributed by atoms with van der Waals surface area (Å²) in [5.74, 6) is 0.918. The third-order valence-electron chi connectivity index (χ3n) is 17.8. The first-order valence-electron chi connectivity index (χ1n) is 39.7. The molecule has 0 rings (SSSR count). The Hall–Kier alpha value is -1.94. The average molecular weight is 1410 g/mol. The Morgan fingerprint density at radius 2 is 0.438 bits per heavy atom. The van der Waals surface area contributed by atoms with Crippen molar-refractivity contribution in [3.63, 3.8) is 0 Å². The lowest BCUT2D eigenvalue weighted by atomic mass is 10.0. The predicted molar refractivity (Wildman–Crippen MR) is 391 cm³/mol. The van der Waals surface area contributed by atoms with Crippen molar-refractivity contribution in [2.24, 2.45) is 23.7 Å². The molecule has 0 bridgehead atoms. The molecule has 0 saturated heterocycles. The van der Waals surface area contributed by atoms with E-state index in [2.05, 4.69) is 55.4 Å². The second-order valence-electron chi connectivity index (χ2n) is 29.7. The van der Waals surface area contributed by atoms with Crippen LogP contribution in [0.4, 0.5) is 0 Å². The zero-order valence-electron chi connectivity index (χ0n) is 63.0. The molecule has 0 aromatic rings. The highest BCUT2D eigenvalue weighted by Crippen LogP contribution is 2.45. The molecule has 0 fully saturated rings. The Morgan fingerprint density at radius 1 is 0.260 bits per heavy atom. The van der Waals surface area contributed by atoms with Gasteiger partial charge in [0.05, 0.1) is 26.4 Å². The van der Waals surface area contributed by atoms with Gasteiger partial charge < -0.3 is 33.8 Å². The summed E-state index contributed by atoms with van der Waals surface area (Å²) in [6.07, 6.45) is 51.4. The lowest BCUT2D eigenvalue weighted by molar-refractivity contribution is -0.161. The summed E-state index contributed by atoms with van der Waals surface area (Å²) in [7, 11) is -9.91. The van der Waals surface area contributed by atoms with Crippen LogP contribution in [0.15, 0.2) is 0 Å². The fraction of sp³-hybridized carbons (Fsp3) is 0.948. The van der Waals surface area contributed by atoms with Crippen LogP contribution in [0, 0.1) is 23.7 Å². The van der Waals surface area contributed by atoms with Gasteiger partial charge in [0.25, 0.3) is 0 Å². The number of aliphatic hydroxyl groups excluding tert-OH is 1. The maximum absolute atomic E-state index is 13.1. The van der Waals surface area contributed by atoms with Gasteiger partial charge in [-0.1, -0.05) is 338 Å². The molecule has 0 aromatic carbocycles. The Bertz CT molecular complexity index is 1880. The molecule has 0 aliphatic heterocycles. The average Bonchev–Trinajstić information content (AvgIpc) is 1.84. The van der Waals surface area contributed by atoms with Crippen LogP contribution in [0.25, 0.3) is 0 Å². The first kappa shape index (κ1) is 94.1. The van der Waals surface area contributed by atoms with Gasteiger partial charge in [-0.2, -0.15) is 0 Å². The van der Waals surface area contributed by atoms with E-state index in [1.807, 2.05) is 0 Å². The number of phosphoric acid groups is 2. The molecule has 0 saturated carbocycles. The topological polar surface area (TPSA) is 237 Å². The van der Waals surface area contributed by atoms with E-state index in [9.17, 15) is 43.2 Å². The molecule has 0 aromatic heterocycles. The van der Waals surface area contributed by atoms with Crippen molar-refractivity contribution in [3.8, 4) is 0 Å². The molecular weight excluding hydrogens is 1260 g/mol. The van der Waals surface area contributed by atoms with Crippen molar-refractivity contribution in [1.29, 1.82) is 0 Å². The summed E-state index contributed by atoms with van der Waals surface area (Å²) in [5, 5.41) is 10.6. The van der Waals surface area contributed by atoms with Crippen molar-refractivity contribution >= 4 is 39.5 Å². The summed E-state index contributed by atoms with van der Waals surface area (Å²) >= 11 is 0. The SMILES string of the molecule is CC(C)CCCCCCCCCCCCCCCCCC(=O)O[C@H](COC(=O)CCCCCCCCCCCC(C)C)COP(=O)(O)OCC(O)COP(=O)(O)OC[C@@H](COC(=O)CCCCCCCCCC(C)C)OC(=O)CCCCCCCCCCCCCCCC(C)C. The van der Waals surface area contributed by atoms with Gasteiger partial charge in [0.2, 0.25) is 0 Å². The van der Waals surface area contributed by atoms with Gasteiger partial charge in [-0.3, -0.25) is 37.3 Å².